The molecule has 0 radical (unpaired) electrons. The molecule has 5 heterocycles. The largest absolute Gasteiger partial charge is 0.489 e. The molecule has 0 N–H and O–H groups in total. The molecular weight excluding hydrogens is 433 g/mol. The minimum Gasteiger partial charge on any atom is -0.489 e. The second-order valence-corrected chi connectivity index (χ2v) is 10.1. The van der Waals surface area contributed by atoms with Crippen molar-refractivity contribution in [3.8, 4) is 11.8 Å². The summed E-state index contributed by atoms with van der Waals surface area (Å²) in [7, 11) is 1.56. The number of aryl methyl sites for hydroxylation is 1. The molecule has 7 rings (SSSR count). The van der Waals surface area contributed by atoms with E-state index in [1.165, 1.54) is 32.1 Å². The molecule has 1 aromatic carbocycles. The highest BCUT2D eigenvalue weighted by Crippen LogP contribution is 2.33. The minimum absolute atomic E-state index is 0.159. The van der Waals surface area contributed by atoms with Gasteiger partial charge in [-0.25, -0.2) is 9.37 Å². The van der Waals surface area contributed by atoms with Crippen LogP contribution in [0.2, 0.25) is 0 Å². The van der Waals surface area contributed by atoms with Gasteiger partial charge in [0.25, 0.3) is 0 Å². The molecule has 4 fully saturated rings. The van der Waals surface area contributed by atoms with Crippen LogP contribution in [0.25, 0.3) is 11.2 Å². The zero-order chi connectivity index (χ0) is 23.2. The van der Waals surface area contributed by atoms with E-state index in [-0.39, 0.29) is 11.9 Å². The lowest BCUT2D eigenvalue weighted by Gasteiger charge is -2.44. The number of ether oxygens (including phenoxy) is 2. The molecule has 1 aliphatic carbocycles. The standard InChI is InChI=1S/C26H32FN5O2/c1-16-24-25(30-26(28-16)33-2)32(23(29-24)12-17-4-3-5-17)14-19-6-7-20(13-21(19)27)34-22-15-31-10-8-18(22)9-11-31/h6-7,13,17-18,22H,3-5,8-12,14-15H2,1-2H3/t22-/m1/s1. The zero-order valence-corrected chi connectivity index (χ0v) is 20.0. The Hall–Kier alpha value is -2.74. The Morgan fingerprint density at radius 2 is 1.91 bits per heavy atom. The van der Waals surface area contributed by atoms with Crippen molar-refractivity contribution in [1.82, 2.24) is 24.4 Å². The molecule has 2 bridgehead atoms. The summed E-state index contributed by atoms with van der Waals surface area (Å²) in [5, 5.41) is 0. The first-order valence-electron chi connectivity index (χ1n) is 12.5. The molecule has 1 atom stereocenters. The van der Waals surface area contributed by atoms with E-state index in [9.17, 15) is 0 Å². The number of aromatic nitrogens is 4. The third-order valence-electron chi connectivity index (χ3n) is 7.94. The predicted molar refractivity (Wildman–Crippen MR) is 127 cm³/mol. The monoisotopic (exact) mass is 465 g/mol. The van der Waals surface area contributed by atoms with Crippen LogP contribution in [-0.2, 0) is 13.0 Å². The van der Waals surface area contributed by atoms with Crippen molar-refractivity contribution in [2.24, 2.45) is 11.8 Å². The second-order valence-electron chi connectivity index (χ2n) is 10.1. The van der Waals surface area contributed by atoms with E-state index < -0.39 is 0 Å². The van der Waals surface area contributed by atoms with Crippen LogP contribution in [0.5, 0.6) is 11.8 Å². The lowest BCUT2D eigenvalue weighted by molar-refractivity contribution is -0.00789. The molecule has 0 spiro atoms. The number of halogens is 1. The fraction of sp³-hybridized carbons (Fsp3) is 0.577. The smallest absolute Gasteiger partial charge is 0.318 e. The molecule has 4 aliphatic rings. The van der Waals surface area contributed by atoms with Crippen molar-refractivity contribution in [2.45, 2.75) is 58.1 Å². The van der Waals surface area contributed by atoms with Crippen molar-refractivity contribution in [3.63, 3.8) is 0 Å². The Kier molecular flexibility index (Phi) is 5.63. The first-order valence-corrected chi connectivity index (χ1v) is 12.5. The average Bonchev–Trinajstić information content (AvgIpc) is 3.16. The maximum Gasteiger partial charge on any atom is 0.318 e. The van der Waals surface area contributed by atoms with E-state index in [2.05, 4.69) is 14.9 Å². The van der Waals surface area contributed by atoms with Crippen molar-refractivity contribution < 1.29 is 13.9 Å². The summed E-state index contributed by atoms with van der Waals surface area (Å²) < 4.78 is 28.9. The normalized spacial score (nSPS) is 24.4. The highest BCUT2D eigenvalue weighted by molar-refractivity contribution is 5.74. The van der Waals surface area contributed by atoms with Crippen molar-refractivity contribution in [1.29, 1.82) is 0 Å². The van der Waals surface area contributed by atoms with Gasteiger partial charge in [-0.3, -0.25) is 4.90 Å². The maximum atomic E-state index is 15.3. The third-order valence-corrected chi connectivity index (χ3v) is 7.94. The molecule has 34 heavy (non-hydrogen) atoms. The highest BCUT2D eigenvalue weighted by Gasteiger charge is 2.35. The maximum absolute atomic E-state index is 15.3. The van der Waals surface area contributed by atoms with E-state index in [1.807, 2.05) is 23.6 Å². The van der Waals surface area contributed by atoms with Crippen LogP contribution in [0, 0.1) is 24.6 Å². The van der Waals surface area contributed by atoms with Gasteiger partial charge in [0, 0.05) is 24.6 Å². The number of rotatable bonds is 7. The summed E-state index contributed by atoms with van der Waals surface area (Å²) in [6.07, 6.45) is 7.09. The number of benzene rings is 1. The Balaban J connectivity index is 1.28. The summed E-state index contributed by atoms with van der Waals surface area (Å²) in [6, 6.07) is 5.60. The van der Waals surface area contributed by atoms with Crippen molar-refractivity contribution in [2.75, 3.05) is 26.7 Å². The van der Waals surface area contributed by atoms with Crippen LogP contribution in [0.1, 0.15) is 49.2 Å². The number of methoxy groups -OCH3 is 1. The fourth-order valence-corrected chi connectivity index (χ4v) is 5.64. The first-order chi connectivity index (χ1) is 16.6. The molecule has 3 aromatic rings. The SMILES string of the molecule is COc1nc(C)c2nc(CC3CCC3)n(Cc3ccc(O[C@@H]4CN5CCC4CC5)cc3F)c2n1. The Bertz CT molecular complexity index is 1200. The lowest BCUT2D eigenvalue weighted by Crippen LogP contribution is -2.52. The third kappa shape index (κ3) is 4.02. The van der Waals surface area contributed by atoms with Gasteiger partial charge in [0.05, 0.1) is 19.3 Å². The summed E-state index contributed by atoms with van der Waals surface area (Å²) in [5.41, 5.74) is 2.84. The van der Waals surface area contributed by atoms with Gasteiger partial charge in [0.15, 0.2) is 5.65 Å². The number of hydrogen-bond donors (Lipinski definition) is 0. The molecule has 3 saturated heterocycles. The quantitative estimate of drug-likeness (QED) is 0.522. The second kappa shape index (κ2) is 8.80. The van der Waals surface area contributed by atoms with E-state index in [4.69, 9.17) is 14.5 Å². The van der Waals surface area contributed by atoms with E-state index in [0.29, 0.717) is 41.4 Å². The minimum atomic E-state index is -0.257. The van der Waals surface area contributed by atoms with Gasteiger partial charge in [-0.15, -0.1) is 0 Å². The van der Waals surface area contributed by atoms with Crippen LogP contribution >= 0.6 is 0 Å². The van der Waals surface area contributed by atoms with Gasteiger partial charge in [0.1, 0.15) is 29.0 Å². The van der Waals surface area contributed by atoms with Gasteiger partial charge in [0.2, 0.25) is 0 Å². The van der Waals surface area contributed by atoms with Gasteiger partial charge in [-0.2, -0.15) is 9.97 Å². The Morgan fingerprint density at radius 1 is 1.09 bits per heavy atom. The average molecular weight is 466 g/mol. The number of piperidine rings is 3. The van der Waals surface area contributed by atoms with Crippen LogP contribution in [0.3, 0.4) is 0 Å². The van der Waals surface area contributed by atoms with Crippen LogP contribution in [0.15, 0.2) is 18.2 Å². The van der Waals surface area contributed by atoms with Crippen LogP contribution < -0.4 is 9.47 Å². The van der Waals surface area contributed by atoms with Gasteiger partial charge in [-0.05, 0) is 50.8 Å². The van der Waals surface area contributed by atoms with E-state index >= 15 is 4.39 Å². The van der Waals surface area contributed by atoms with Gasteiger partial charge >= 0.3 is 6.01 Å². The molecule has 7 nitrogen and oxygen atoms in total. The van der Waals surface area contributed by atoms with E-state index in [0.717, 1.165) is 43.1 Å². The van der Waals surface area contributed by atoms with Gasteiger partial charge in [-0.1, -0.05) is 25.3 Å². The highest BCUT2D eigenvalue weighted by atomic mass is 19.1. The predicted octanol–water partition coefficient (Wildman–Crippen LogP) is 4.15. The zero-order valence-electron chi connectivity index (χ0n) is 20.0. The molecular formula is C26H32FN5O2. The molecule has 2 aromatic heterocycles. The fourth-order valence-electron chi connectivity index (χ4n) is 5.64. The van der Waals surface area contributed by atoms with Crippen molar-refractivity contribution in [3.05, 3.63) is 41.1 Å². The lowest BCUT2D eigenvalue weighted by atomic mass is 9.83. The Labute approximate surface area is 199 Å². The summed E-state index contributed by atoms with van der Waals surface area (Å²) in [6.45, 7) is 5.55. The number of hydrogen-bond acceptors (Lipinski definition) is 6. The first kappa shape index (κ1) is 21.8. The number of fused-ring (bicyclic) bond motifs is 4. The molecule has 1 saturated carbocycles. The summed E-state index contributed by atoms with van der Waals surface area (Å²) >= 11 is 0. The van der Waals surface area contributed by atoms with E-state index in [1.54, 1.807) is 13.2 Å². The summed E-state index contributed by atoms with van der Waals surface area (Å²) in [5.74, 6) is 2.51. The molecule has 180 valence electrons. The van der Waals surface area contributed by atoms with Crippen LogP contribution in [0.4, 0.5) is 4.39 Å². The van der Waals surface area contributed by atoms with Crippen LogP contribution in [-0.4, -0.2) is 57.3 Å². The van der Waals surface area contributed by atoms with Crippen molar-refractivity contribution >= 4 is 11.2 Å². The molecule has 8 heteroatoms. The molecule has 0 unspecified atom stereocenters. The number of nitrogens with zero attached hydrogens (tertiary/aromatic N) is 5. The topological polar surface area (TPSA) is 65.3 Å². The summed E-state index contributed by atoms with van der Waals surface area (Å²) in [4.78, 5) is 16.3. The Morgan fingerprint density at radius 3 is 2.56 bits per heavy atom. The van der Waals surface area contributed by atoms with Gasteiger partial charge < -0.3 is 14.0 Å². The molecule has 0 amide bonds. The number of imidazole rings is 1. The molecule has 3 aliphatic heterocycles.